The average molecular weight is 274 g/mol. The van der Waals surface area contributed by atoms with Crippen molar-refractivity contribution < 1.29 is 9.53 Å². The molecule has 0 saturated heterocycles. The second kappa shape index (κ2) is 4.59. The minimum Gasteiger partial charge on any atom is -0.491 e. The summed E-state index contributed by atoms with van der Waals surface area (Å²) in [5, 5.41) is 2.98. The Balaban J connectivity index is 1.78. The third-order valence-corrected chi connectivity index (χ3v) is 4.25. The third-order valence-electron chi connectivity index (χ3n) is 3.19. The molecule has 1 atom stereocenters. The van der Waals surface area contributed by atoms with Crippen molar-refractivity contribution in [2.24, 2.45) is 0 Å². The number of carbonyl (C=O) groups is 1. The molecule has 0 bridgehead atoms. The summed E-state index contributed by atoms with van der Waals surface area (Å²) in [5.41, 5.74) is 7.46. The van der Waals surface area contributed by atoms with Gasteiger partial charge in [-0.05, 0) is 19.1 Å². The summed E-state index contributed by atoms with van der Waals surface area (Å²) >= 11 is 1.41. The number of benzene rings is 1. The maximum absolute atomic E-state index is 12.2. The predicted octanol–water partition coefficient (Wildman–Crippen LogP) is 2.50. The Bertz CT molecular complexity index is 617. The fourth-order valence-corrected chi connectivity index (χ4v) is 2.96. The zero-order valence-electron chi connectivity index (χ0n) is 10.5. The van der Waals surface area contributed by atoms with Crippen molar-refractivity contribution in [2.45, 2.75) is 13.0 Å². The smallest absolute Gasteiger partial charge is 0.262 e. The molecule has 98 valence electrons. The molecule has 2 heterocycles. The van der Waals surface area contributed by atoms with Crippen LogP contribution in [0.2, 0.25) is 0 Å². The van der Waals surface area contributed by atoms with E-state index in [0.717, 1.165) is 16.2 Å². The summed E-state index contributed by atoms with van der Waals surface area (Å²) < 4.78 is 5.54. The first-order valence-electron chi connectivity index (χ1n) is 6.03. The van der Waals surface area contributed by atoms with Gasteiger partial charge in [0.25, 0.3) is 5.91 Å². The topological polar surface area (TPSA) is 64.3 Å². The van der Waals surface area contributed by atoms with Gasteiger partial charge in [0.15, 0.2) is 0 Å². The second-order valence-corrected chi connectivity index (χ2v) is 5.75. The van der Waals surface area contributed by atoms with Crippen molar-refractivity contribution in [3.63, 3.8) is 0 Å². The number of rotatable bonds is 2. The van der Waals surface area contributed by atoms with Crippen molar-refractivity contribution in [3.05, 3.63) is 45.6 Å². The summed E-state index contributed by atoms with van der Waals surface area (Å²) in [4.78, 5) is 13.8. The highest BCUT2D eigenvalue weighted by molar-refractivity contribution is 7.14. The van der Waals surface area contributed by atoms with Crippen molar-refractivity contribution in [1.29, 1.82) is 0 Å². The Labute approximate surface area is 115 Å². The van der Waals surface area contributed by atoms with E-state index in [1.54, 1.807) is 6.07 Å². The lowest BCUT2D eigenvalue weighted by Crippen LogP contribution is -2.28. The van der Waals surface area contributed by atoms with Crippen LogP contribution in [0.3, 0.4) is 0 Å². The Kier molecular flexibility index (Phi) is 2.91. The SMILES string of the molecule is Cc1sc(C(=O)NC2COc3ccccc32)cc1N. The van der Waals surface area contributed by atoms with Crippen LogP contribution in [0.25, 0.3) is 0 Å². The summed E-state index contributed by atoms with van der Waals surface area (Å²) in [6.07, 6.45) is 0. The number of anilines is 1. The van der Waals surface area contributed by atoms with Crippen LogP contribution in [-0.2, 0) is 0 Å². The molecule has 1 unspecified atom stereocenters. The molecule has 0 aliphatic carbocycles. The minimum atomic E-state index is -0.102. The van der Waals surface area contributed by atoms with Crippen LogP contribution in [0.1, 0.15) is 26.2 Å². The maximum atomic E-state index is 12.2. The molecule has 1 amide bonds. The molecule has 0 radical (unpaired) electrons. The highest BCUT2D eigenvalue weighted by atomic mass is 32.1. The monoisotopic (exact) mass is 274 g/mol. The van der Waals surface area contributed by atoms with Gasteiger partial charge in [-0.1, -0.05) is 18.2 Å². The number of amides is 1. The summed E-state index contributed by atoms with van der Waals surface area (Å²) in [6, 6.07) is 9.38. The molecule has 1 aromatic heterocycles. The standard InChI is InChI=1S/C14H14N2O2S/c1-8-10(15)6-13(19-8)14(17)16-11-7-18-12-5-3-2-4-9(11)12/h2-6,11H,7,15H2,1H3,(H,16,17). The summed E-state index contributed by atoms with van der Waals surface area (Å²) in [5.74, 6) is 0.741. The van der Waals surface area contributed by atoms with Crippen LogP contribution < -0.4 is 15.8 Å². The highest BCUT2D eigenvalue weighted by Crippen LogP contribution is 2.32. The van der Waals surface area contributed by atoms with E-state index in [-0.39, 0.29) is 11.9 Å². The lowest BCUT2D eigenvalue weighted by atomic mass is 10.1. The zero-order chi connectivity index (χ0) is 13.4. The third kappa shape index (κ3) is 2.17. The van der Waals surface area contributed by atoms with Crippen molar-refractivity contribution >= 4 is 22.9 Å². The lowest BCUT2D eigenvalue weighted by Gasteiger charge is -2.10. The first-order valence-corrected chi connectivity index (χ1v) is 6.85. The van der Waals surface area contributed by atoms with Crippen LogP contribution in [0.5, 0.6) is 5.75 Å². The average Bonchev–Trinajstić information content (AvgIpc) is 2.95. The van der Waals surface area contributed by atoms with Crippen LogP contribution in [0.4, 0.5) is 5.69 Å². The number of thiophene rings is 1. The summed E-state index contributed by atoms with van der Waals surface area (Å²) in [6.45, 7) is 2.38. The number of nitrogen functional groups attached to an aromatic ring is 1. The quantitative estimate of drug-likeness (QED) is 0.884. The van der Waals surface area contributed by atoms with Crippen LogP contribution >= 0.6 is 11.3 Å². The van der Waals surface area contributed by atoms with Crippen molar-refractivity contribution in [3.8, 4) is 5.75 Å². The van der Waals surface area contributed by atoms with Gasteiger partial charge in [-0.2, -0.15) is 0 Å². The Morgan fingerprint density at radius 2 is 2.26 bits per heavy atom. The molecule has 1 aliphatic heterocycles. The van der Waals surface area contributed by atoms with E-state index < -0.39 is 0 Å². The molecule has 3 rings (SSSR count). The first-order chi connectivity index (χ1) is 9.15. The highest BCUT2D eigenvalue weighted by Gasteiger charge is 2.26. The number of nitrogens with one attached hydrogen (secondary N) is 1. The van der Waals surface area contributed by atoms with Crippen LogP contribution in [0.15, 0.2) is 30.3 Å². The number of hydrogen-bond donors (Lipinski definition) is 2. The molecule has 4 nitrogen and oxygen atoms in total. The lowest BCUT2D eigenvalue weighted by molar-refractivity contribution is 0.0934. The molecule has 1 aliphatic rings. The van der Waals surface area contributed by atoms with Gasteiger partial charge in [0.2, 0.25) is 0 Å². The van der Waals surface area contributed by atoms with E-state index in [4.69, 9.17) is 10.5 Å². The van der Waals surface area contributed by atoms with E-state index in [2.05, 4.69) is 5.32 Å². The summed E-state index contributed by atoms with van der Waals surface area (Å²) in [7, 11) is 0. The van der Waals surface area contributed by atoms with E-state index >= 15 is 0 Å². The second-order valence-electron chi connectivity index (χ2n) is 4.50. The van der Waals surface area contributed by atoms with E-state index in [1.165, 1.54) is 11.3 Å². The maximum Gasteiger partial charge on any atom is 0.262 e. The van der Waals surface area contributed by atoms with E-state index in [1.807, 2.05) is 31.2 Å². The molecule has 2 aromatic rings. The number of ether oxygens (including phenoxy) is 1. The van der Waals surface area contributed by atoms with Crippen molar-refractivity contribution in [2.75, 3.05) is 12.3 Å². The molecular weight excluding hydrogens is 260 g/mol. The molecule has 3 N–H and O–H groups in total. The van der Waals surface area contributed by atoms with Gasteiger partial charge >= 0.3 is 0 Å². The Hall–Kier alpha value is -2.01. The number of hydrogen-bond acceptors (Lipinski definition) is 4. The zero-order valence-corrected chi connectivity index (χ0v) is 11.3. The van der Waals surface area contributed by atoms with Gasteiger partial charge in [-0.15, -0.1) is 11.3 Å². The molecule has 5 heteroatoms. The minimum absolute atomic E-state index is 0.0904. The van der Waals surface area contributed by atoms with Gasteiger partial charge in [-0.25, -0.2) is 0 Å². The van der Waals surface area contributed by atoms with Gasteiger partial charge in [0.1, 0.15) is 12.4 Å². The number of aryl methyl sites for hydroxylation is 1. The number of para-hydroxylation sites is 1. The van der Waals surface area contributed by atoms with Gasteiger partial charge in [-0.3, -0.25) is 4.79 Å². The predicted molar refractivity (Wildman–Crippen MR) is 75.6 cm³/mol. The molecular formula is C14H14N2O2S. The van der Waals surface area contributed by atoms with Crippen molar-refractivity contribution in [1.82, 2.24) is 5.32 Å². The first kappa shape index (κ1) is 12.0. The Morgan fingerprint density at radius 1 is 1.47 bits per heavy atom. The number of fused-ring (bicyclic) bond motifs is 1. The molecule has 1 aromatic carbocycles. The van der Waals surface area contributed by atoms with Gasteiger partial charge < -0.3 is 15.8 Å². The fourth-order valence-electron chi connectivity index (χ4n) is 2.12. The fraction of sp³-hybridized carbons (Fsp3) is 0.214. The molecule has 0 spiro atoms. The number of nitrogens with two attached hydrogens (primary N) is 1. The molecule has 0 saturated carbocycles. The van der Waals surface area contributed by atoms with Gasteiger partial charge in [0.05, 0.1) is 10.9 Å². The van der Waals surface area contributed by atoms with Crippen LogP contribution in [0, 0.1) is 6.92 Å². The Morgan fingerprint density at radius 3 is 3.00 bits per heavy atom. The van der Waals surface area contributed by atoms with Gasteiger partial charge in [0, 0.05) is 16.1 Å². The normalized spacial score (nSPS) is 16.8. The molecule has 0 fully saturated rings. The largest absolute Gasteiger partial charge is 0.491 e. The van der Waals surface area contributed by atoms with E-state index in [9.17, 15) is 4.79 Å². The van der Waals surface area contributed by atoms with Crippen LogP contribution in [-0.4, -0.2) is 12.5 Å². The number of carbonyl (C=O) groups excluding carboxylic acids is 1. The molecule has 19 heavy (non-hydrogen) atoms. The van der Waals surface area contributed by atoms with E-state index in [0.29, 0.717) is 17.2 Å².